The molecule has 186 valence electrons. The SMILES string of the molecule is COc1ccc(CN2C(=O)CC(C(=O)Nc3ccc(OC)cc3)SC2=Nc2ccc(OC)cc2)cc1. The first-order valence-electron chi connectivity index (χ1n) is 11.3. The molecule has 1 aliphatic heterocycles. The van der Waals surface area contributed by atoms with Crippen LogP contribution in [0.4, 0.5) is 11.4 Å². The number of nitrogens with zero attached hydrogens (tertiary/aromatic N) is 2. The molecule has 0 radical (unpaired) electrons. The number of aliphatic imine (C=N–C) groups is 1. The molecule has 8 nitrogen and oxygen atoms in total. The molecule has 2 amide bonds. The van der Waals surface area contributed by atoms with Crippen LogP contribution in [-0.4, -0.2) is 48.5 Å². The average molecular weight is 506 g/mol. The fraction of sp³-hybridized carbons (Fsp3) is 0.222. The van der Waals surface area contributed by atoms with Crippen LogP contribution in [-0.2, 0) is 16.1 Å². The molecule has 1 saturated heterocycles. The Balaban J connectivity index is 1.57. The number of hydrogen-bond donors (Lipinski definition) is 1. The van der Waals surface area contributed by atoms with Crippen LogP contribution in [0.15, 0.2) is 77.8 Å². The molecule has 4 rings (SSSR count). The van der Waals surface area contributed by atoms with Crippen LogP contribution in [0.5, 0.6) is 17.2 Å². The maximum absolute atomic E-state index is 13.3. The molecule has 3 aromatic carbocycles. The minimum Gasteiger partial charge on any atom is -0.497 e. The van der Waals surface area contributed by atoms with E-state index in [4.69, 9.17) is 19.2 Å². The van der Waals surface area contributed by atoms with Crippen LogP contribution in [0.3, 0.4) is 0 Å². The fourth-order valence-corrected chi connectivity index (χ4v) is 4.67. The van der Waals surface area contributed by atoms with Gasteiger partial charge in [0, 0.05) is 12.1 Å². The summed E-state index contributed by atoms with van der Waals surface area (Å²) in [6.07, 6.45) is 0.0600. The summed E-state index contributed by atoms with van der Waals surface area (Å²) in [6, 6.07) is 21.8. The number of benzene rings is 3. The Bertz CT molecular complexity index is 1230. The summed E-state index contributed by atoms with van der Waals surface area (Å²) >= 11 is 1.27. The molecular formula is C27H27N3O5S. The second-order valence-electron chi connectivity index (χ2n) is 7.95. The average Bonchev–Trinajstić information content (AvgIpc) is 2.91. The molecule has 0 saturated carbocycles. The van der Waals surface area contributed by atoms with Crippen molar-refractivity contribution < 1.29 is 23.8 Å². The highest BCUT2D eigenvalue weighted by molar-refractivity contribution is 8.15. The van der Waals surface area contributed by atoms with Crippen molar-refractivity contribution in [2.45, 2.75) is 18.2 Å². The number of carbonyl (C=O) groups excluding carboxylic acids is 2. The Morgan fingerprint density at radius 3 is 1.97 bits per heavy atom. The van der Waals surface area contributed by atoms with Crippen LogP contribution in [0.1, 0.15) is 12.0 Å². The van der Waals surface area contributed by atoms with Crippen molar-refractivity contribution in [3.63, 3.8) is 0 Å². The predicted octanol–water partition coefficient (Wildman–Crippen LogP) is 4.87. The lowest BCUT2D eigenvalue weighted by Crippen LogP contribution is -2.44. The fourth-order valence-electron chi connectivity index (χ4n) is 3.57. The van der Waals surface area contributed by atoms with Gasteiger partial charge in [0.05, 0.1) is 33.6 Å². The molecule has 0 spiro atoms. The van der Waals surface area contributed by atoms with E-state index in [0.29, 0.717) is 34.6 Å². The zero-order valence-corrected chi connectivity index (χ0v) is 21.1. The normalized spacial score (nSPS) is 16.5. The molecule has 1 atom stereocenters. The number of nitrogens with one attached hydrogen (secondary N) is 1. The van der Waals surface area contributed by atoms with E-state index in [-0.39, 0.29) is 18.2 Å². The molecular weight excluding hydrogens is 478 g/mol. The minimum absolute atomic E-state index is 0.0600. The quantitative estimate of drug-likeness (QED) is 0.470. The third-order valence-electron chi connectivity index (χ3n) is 5.59. The maximum atomic E-state index is 13.3. The second-order valence-corrected chi connectivity index (χ2v) is 9.12. The van der Waals surface area contributed by atoms with E-state index in [0.717, 1.165) is 11.3 Å². The van der Waals surface area contributed by atoms with Crippen molar-refractivity contribution in [2.24, 2.45) is 4.99 Å². The van der Waals surface area contributed by atoms with E-state index in [1.165, 1.54) is 11.8 Å². The van der Waals surface area contributed by atoms with Crippen LogP contribution >= 0.6 is 11.8 Å². The number of amidine groups is 1. The number of ether oxygens (including phenoxy) is 3. The van der Waals surface area contributed by atoms with Crippen molar-refractivity contribution in [1.29, 1.82) is 0 Å². The maximum Gasteiger partial charge on any atom is 0.238 e. The van der Waals surface area contributed by atoms with Gasteiger partial charge in [-0.1, -0.05) is 23.9 Å². The van der Waals surface area contributed by atoms with E-state index < -0.39 is 5.25 Å². The molecule has 3 aromatic rings. The van der Waals surface area contributed by atoms with Crippen LogP contribution < -0.4 is 19.5 Å². The number of anilines is 1. The predicted molar refractivity (Wildman–Crippen MR) is 141 cm³/mol. The topological polar surface area (TPSA) is 89.5 Å². The highest BCUT2D eigenvalue weighted by Crippen LogP contribution is 2.32. The largest absolute Gasteiger partial charge is 0.497 e. The molecule has 36 heavy (non-hydrogen) atoms. The number of hydrogen-bond acceptors (Lipinski definition) is 7. The van der Waals surface area contributed by atoms with Crippen LogP contribution in [0.2, 0.25) is 0 Å². The summed E-state index contributed by atoms with van der Waals surface area (Å²) in [5, 5.41) is 2.73. The third kappa shape index (κ3) is 6.17. The molecule has 9 heteroatoms. The zero-order valence-electron chi connectivity index (χ0n) is 20.3. The van der Waals surface area contributed by atoms with Gasteiger partial charge in [-0.15, -0.1) is 0 Å². The minimum atomic E-state index is -0.622. The van der Waals surface area contributed by atoms with E-state index in [2.05, 4.69) is 5.32 Å². The van der Waals surface area contributed by atoms with Crippen LogP contribution in [0, 0.1) is 0 Å². The van der Waals surface area contributed by atoms with E-state index in [1.54, 1.807) is 62.6 Å². The number of methoxy groups -OCH3 is 3. The highest BCUT2D eigenvalue weighted by atomic mass is 32.2. The van der Waals surface area contributed by atoms with E-state index in [9.17, 15) is 9.59 Å². The van der Waals surface area contributed by atoms with Gasteiger partial charge in [0.15, 0.2) is 5.17 Å². The Labute approximate surface area is 214 Å². The Hall–Kier alpha value is -3.98. The van der Waals surface area contributed by atoms with Gasteiger partial charge < -0.3 is 19.5 Å². The lowest BCUT2D eigenvalue weighted by Gasteiger charge is -2.32. The van der Waals surface area contributed by atoms with Gasteiger partial charge in [0.1, 0.15) is 22.5 Å². The summed E-state index contributed by atoms with van der Waals surface area (Å²) in [5.41, 5.74) is 2.21. The van der Waals surface area contributed by atoms with Crippen molar-refractivity contribution in [3.8, 4) is 17.2 Å². The first-order chi connectivity index (χ1) is 17.5. The Morgan fingerprint density at radius 2 is 1.42 bits per heavy atom. The van der Waals surface area contributed by atoms with Crippen molar-refractivity contribution in [2.75, 3.05) is 26.6 Å². The molecule has 1 N–H and O–H groups in total. The zero-order chi connectivity index (χ0) is 25.5. The van der Waals surface area contributed by atoms with Crippen molar-refractivity contribution in [3.05, 3.63) is 78.4 Å². The molecule has 1 fully saturated rings. The second kappa shape index (κ2) is 11.6. The van der Waals surface area contributed by atoms with Gasteiger partial charge >= 0.3 is 0 Å². The van der Waals surface area contributed by atoms with Gasteiger partial charge in [-0.25, -0.2) is 4.99 Å². The van der Waals surface area contributed by atoms with Gasteiger partial charge in [-0.2, -0.15) is 0 Å². The number of amides is 2. The molecule has 1 heterocycles. The first kappa shape index (κ1) is 25.1. The van der Waals surface area contributed by atoms with Gasteiger partial charge in [0.25, 0.3) is 0 Å². The summed E-state index contributed by atoms with van der Waals surface area (Å²) in [5.74, 6) is 1.70. The number of rotatable bonds is 8. The van der Waals surface area contributed by atoms with Crippen molar-refractivity contribution in [1.82, 2.24) is 4.90 Å². The van der Waals surface area contributed by atoms with Crippen LogP contribution in [0.25, 0.3) is 0 Å². The lowest BCUT2D eigenvalue weighted by atomic mass is 10.2. The molecule has 0 aliphatic carbocycles. The smallest absolute Gasteiger partial charge is 0.238 e. The lowest BCUT2D eigenvalue weighted by molar-refractivity contribution is -0.129. The molecule has 0 aromatic heterocycles. The molecule has 1 unspecified atom stereocenters. The highest BCUT2D eigenvalue weighted by Gasteiger charge is 2.36. The van der Waals surface area contributed by atoms with Gasteiger partial charge in [-0.05, 0) is 66.2 Å². The molecule has 0 bridgehead atoms. The third-order valence-corrected chi connectivity index (χ3v) is 6.77. The number of thioether (sulfide) groups is 1. The van der Waals surface area contributed by atoms with Gasteiger partial charge in [-0.3, -0.25) is 14.5 Å². The standard InChI is InChI=1S/C27H27N3O5S/c1-33-21-10-4-18(5-11-21)17-30-25(31)16-24(26(32)28-19-6-12-22(34-2)13-7-19)36-27(30)29-20-8-14-23(35-3)15-9-20/h4-15,24H,16-17H2,1-3H3,(H,28,32). The summed E-state index contributed by atoms with van der Waals surface area (Å²) in [7, 11) is 4.79. The Kier molecular flexibility index (Phi) is 8.12. The summed E-state index contributed by atoms with van der Waals surface area (Å²) in [4.78, 5) is 32.7. The van der Waals surface area contributed by atoms with Gasteiger partial charge in [0.2, 0.25) is 11.8 Å². The first-order valence-corrected chi connectivity index (χ1v) is 12.1. The molecule has 1 aliphatic rings. The summed E-state index contributed by atoms with van der Waals surface area (Å²) in [6.45, 7) is 0.331. The number of carbonyl (C=O) groups is 2. The Morgan fingerprint density at radius 1 is 0.889 bits per heavy atom. The van der Waals surface area contributed by atoms with E-state index in [1.807, 2.05) is 36.4 Å². The van der Waals surface area contributed by atoms with E-state index >= 15 is 0 Å². The monoisotopic (exact) mass is 505 g/mol. The van der Waals surface area contributed by atoms with Crippen molar-refractivity contribution >= 4 is 40.1 Å². The summed E-state index contributed by atoms with van der Waals surface area (Å²) < 4.78 is 15.6.